The number of methoxy groups -OCH3 is 1. The smallest absolute Gasteiger partial charge is 0.356 e. The number of hydrogen-bond acceptors (Lipinski definition) is 5. The standard InChI is InChI=1S/C10H10N4O3/c1-6-5-7(10(15)16)13-14(6)8-3-4-9(17-2)12-11-8/h3-5H,1-2H3,(H,15,16). The van der Waals surface area contributed by atoms with Crippen LogP contribution in [0.25, 0.3) is 5.82 Å². The van der Waals surface area contributed by atoms with Crippen LogP contribution in [-0.2, 0) is 0 Å². The second kappa shape index (κ2) is 4.20. The highest BCUT2D eigenvalue weighted by atomic mass is 16.5. The normalized spacial score (nSPS) is 10.2. The van der Waals surface area contributed by atoms with Crippen molar-refractivity contribution in [2.45, 2.75) is 6.92 Å². The largest absolute Gasteiger partial charge is 0.480 e. The van der Waals surface area contributed by atoms with E-state index in [0.717, 1.165) is 0 Å². The Kier molecular flexibility index (Phi) is 2.73. The van der Waals surface area contributed by atoms with Gasteiger partial charge in [-0.3, -0.25) is 0 Å². The molecular formula is C10H10N4O3. The van der Waals surface area contributed by atoms with Gasteiger partial charge in [-0.25, -0.2) is 9.48 Å². The van der Waals surface area contributed by atoms with Crippen molar-refractivity contribution in [3.8, 4) is 11.7 Å². The summed E-state index contributed by atoms with van der Waals surface area (Å²) in [4.78, 5) is 10.8. The molecule has 2 heterocycles. The van der Waals surface area contributed by atoms with Crippen LogP contribution >= 0.6 is 0 Å². The minimum atomic E-state index is -1.08. The van der Waals surface area contributed by atoms with Gasteiger partial charge in [-0.1, -0.05) is 0 Å². The van der Waals surface area contributed by atoms with Crippen LogP contribution in [-0.4, -0.2) is 38.2 Å². The maximum Gasteiger partial charge on any atom is 0.356 e. The van der Waals surface area contributed by atoms with Gasteiger partial charge in [-0.2, -0.15) is 5.10 Å². The summed E-state index contributed by atoms with van der Waals surface area (Å²) in [6.07, 6.45) is 0. The number of carboxylic acids is 1. The molecule has 0 radical (unpaired) electrons. The molecule has 2 aromatic heterocycles. The Bertz CT molecular complexity index is 547. The molecule has 0 aliphatic rings. The molecule has 1 N–H and O–H groups in total. The maximum absolute atomic E-state index is 10.8. The van der Waals surface area contributed by atoms with Gasteiger partial charge in [0.1, 0.15) is 0 Å². The number of aromatic nitrogens is 4. The molecule has 0 spiro atoms. The van der Waals surface area contributed by atoms with Gasteiger partial charge in [0.2, 0.25) is 5.88 Å². The fraction of sp³-hybridized carbons (Fsp3) is 0.200. The van der Waals surface area contributed by atoms with Gasteiger partial charge in [-0.05, 0) is 19.1 Å². The predicted octanol–water partition coefficient (Wildman–Crippen LogP) is 0.678. The highest BCUT2D eigenvalue weighted by Gasteiger charge is 2.12. The summed E-state index contributed by atoms with van der Waals surface area (Å²) in [6, 6.07) is 4.75. The quantitative estimate of drug-likeness (QED) is 0.839. The van der Waals surface area contributed by atoms with Crippen LogP contribution in [0.2, 0.25) is 0 Å². The third kappa shape index (κ3) is 2.07. The molecule has 7 nitrogen and oxygen atoms in total. The minimum absolute atomic E-state index is 0.0277. The molecule has 0 atom stereocenters. The molecule has 0 aromatic carbocycles. The molecule has 0 saturated carbocycles. The lowest BCUT2D eigenvalue weighted by molar-refractivity contribution is 0.0690. The van der Waals surface area contributed by atoms with E-state index in [1.54, 1.807) is 19.1 Å². The van der Waals surface area contributed by atoms with Crippen molar-refractivity contribution in [3.05, 3.63) is 29.6 Å². The summed E-state index contributed by atoms with van der Waals surface area (Å²) in [6.45, 7) is 1.74. The highest BCUT2D eigenvalue weighted by Crippen LogP contribution is 2.11. The van der Waals surface area contributed by atoms with Crippen molar-refractivity contribution in [2.75, 3.05) is 7.11 Å². The molecule has 7 heteroatoms. The molecule has 17 heavy (non-hydrogen) atoms. The molecule has 0 aliphatic heterocycles. The molecule has 2 rings (SSSR count). The van der Waals surface area contributed by atoms with Gasteiger partial charge in [0.25, 0.3) is 0 Å². The van der Waals surface area contributed by atoms with Crippen LogP contribution in [0.1, 0.15) is 16.2 Å². The first kappa shape index (κ1) is 11.1. The Morgan fingerprint density at radius 3 is 2.65 bits per heavy atom. The summed E-state index contributed by atoms with van der Waals surface area (Å²) < 4.78 is 6.29. The van der Waals surface area contributed by atoms with Crippen LogP contribution in [0.4, 0.5) is 0 Å². The molecule has 0 unspecified atom stereocenters. The minimum Gasteiger partial charge on any atom is -0.480 e. The zero-order valence-corrected chi connectivity index (χ0v) is 9.28. The SMILES string of the molecule is COc1ccc(-n2nc(C(=O)O)cc2C)nn1. The van der Waals surface area contributed by atoms with Crippen molar-refractivity contribution in [3.63, 3.8) is 0 Å². The Hall–Kier alpha value is -2.44. The van der Waals surface area contributed by atoms with Gasteiger partial charge in [0.05, 0.1) is 7.11 Å². The Morgan fingerprint density at radius 1 is 1.41 bits per heavy atom. The second-order valence-electron chi connectivity index (χ2n) is 3.32. The Morgan fingerprint density at radius 2 is 2.18 bits per heavy atom. The molecule has 0 bridgehead atoms. The molecule has 0 amide bonds. The summed E-state index contributed by atoms with van der Waals surface area (Å²) in [5.41, 5.74) is 0.641. The maximum atomic E-state index is 10.8. The number of rotatable bonds is 3. The third-order valence-corrected chi connectivity index (χ3v) is 2.16. The highest BCUT2D eigenvalue weighted by molar-refractivity contribution is 5.85. The topological polar surface area (TPSA) is 90.1 Å². The first-order valence-electron chi connectivity index (χ1n) is 4.80. The number of carbonyl (C=O) groups is 1. The average molecular weight is 234 g/mol. The van der Waals surface area contributed by atoms with Crippen LogP contribution in [0.3, 0.4) is 0 Å². The first-order valence-corrected chi connectivity index (χ1v) is 4.80. The zero-order valence-electron chi connectivity index (χ0n) is 9.28. The summed E-state index contributed by atoms with van der Waals surface area (Å²) in [7, 11) is 1.49. The van der Waals surface area contributed by atoms with Crippen LogP contribution in [0.15, 0.2) is 18.2 Å². The van der Waals surface area contributed by atoms with Gasteiger partial charge in [0, 0.05) is 11.8 Å². The number of ether oxygens (including phenoxy) is 1. The van der Waals surface area contributed by atoms with Gasteiger partial charge >= 0.3 is 5.97 Å². The summed E-state index contributed by atoms with van der Waals surface area (Å²) in [5.74, 6) is -0.249. The van der Waals surface area contributed by atoms with E-state index >= 15 is 0 Å². The number of aryl methyl sites for hydroxylation is 1. The second-order valence-corrected chi connectivity index (χ2v) is 3.32. The molecular weight excluding hydrogens is 224 g/mol. The molecule has 0 fully saturated rings. The van der Waals surface area contributed by atoms with E-state index < -0.39 is 5.97 Å². The lowest BCUT2D eigenvalue weighted by atomic mass is 10.4. The van der Waals surface area contributed by atoms with Crippen molar-refractivity contribution >= 4 is 5.97 Å². The van der Waals surface area contributed by atoms with E-state index in [-0.39, 0.29) is 5.69 Å². The van der Waals surface area contributed by atoms with Crippen LogP contribution < -0.4 is 4.74 Å². The van der Waals surface area contributed by atoms with Gasteiger partial charge < -0.3 is 9.84 Å². The number of aromatic carboxylic acids is 1. The van der Waals surface area contributed by atoms with E-state index in [2.05, 4.69) is 15.3 Å². The van der Waals surface area contributed by atoms with Gasteiger partial charge in [0.15, 0.2) is 11.5 Å². The lowest BCUT2D eigenvalue weighted by Crippen LogP contribution is -2.05. The van der Waals surface area contributed by atoms with E-state index in [0.29, 0.717) is 17.4 Å². The monoisotopic (exact) mass is 234 g/mol. The zero-order chi connectivity index (χ0) is 12.4. The predicted molar refractivity (Wildman–Crippen MR) is 57.4 cm³/mol. The number of carboxylic acid groups (broad SMARTS) is 1. The third-order valence-electron chi connectivity index (χ3n) is 2.16. The van der Waals surface area contributed by atoms with E-state index in [9.17, 15) is 4.79 Å². The number of nitrogens with zero attached hydrogens (tertiary/aromatic N) is 4. The molecule has 0 aliphatic carbocycles. The fourth-order valence-corrected chi connectivity index (χ4v) is 1.35. The van der Waals surface area contributed by atoms with Gasteiger partial charge in [-0.15, -0.1) is 10.2 Å². The average Bonchev–Trinajstić information content (AvgIpc) is 2.72. The lowest BCUT2D eigenvalue weighted by Gasteiger charge is -2.02. The van der Waals surface area contributed by atoms with Crippen molar-refractivity contribution < 1.29 is 14.6 Å². The van der Waals surface area contributed by atoms with Crippen molar-refractivity contribution in [1.82, 2.24) is 20.0 Å². The van der Waals surface area contributed by atoms with E-state index in [4.69, 9.17) is 9.84 Å². The first-order chi connectivity index (χ1) is 8.11. The van der Waals surface area contributed by atoms with Crippen molar-refractivity contribution in [1.29, 1.82) is 0 Å². The van der Waals surface area contributed by atoms with E-state index in [1.165, 1.54) is 17.9 Å². The fourth-order valence-electron chi connectivity index (χ4n) is 1.35. The number of hydrogen-bond donors (Lipinski definition) is 1. The summed E-state index contributed by atoms with van der Waals surface area (Å²) >= 11 is 0. The van der Waals surface area contributed by atoms with Crippen LogP contribution in [0.5, 0.6) is 5.88 Å². The Balaban J connectivity index is 2.41. The molecule has 2 aromatic rings. The van der Waals surface area contributed by atoms with E-state index in [1.807, 2.05) is 0 Å². The molecule has 0 saturated heterocycles. The van der Waals surface area contributed by atoms with Crippen LogP contribution in [0, 0.1) is 6.92 Å². The summed E-state index contributed by atoms with van der Waals surface area (Å²) in [5, 5.41) is 20.4. The Labute approximate surface area is 96.7 Å². The molecule has 88 valence electrons. The van der Waals surface area contributed by atoms with Crippen molar-refractivity contribution in [2.24, 2.45) is 0 Å².